The summed E-state index contributed by atoms with van der Waals surface area (Å²) in [6.07, 6.45) is 5.34. The summed E-state index contributed by atoms with van der Waals surface area (Å²) in [5.74, 6) is 0.0345. The molecule has 0 atom stereocenters. The number of hydrogen-bond acceptors (Lipinski definition) is 4. The highest BCUT2D eigenvalue weighted by Gasteiger charge is 2.16. The molecule has 0 bridgehead atoms. The zero-order valence-electron chi connectivity index (χ0n) is 23.7. The van der Waals surface area contributed by atoms with Crippen molar-refractivity contribution in [2.45, 2.75) is 0 Å². The number of H-pyrrole nitrogens is 1. The molecule has 0 spiro atoms. The van der Waals surface area contributed by atoms with Crippen LogP contribution in [0.1, 0.15) is 31.3 Å². The minimum atomic E-state index is -0.348. The summed E-state index contributed by atoms with van der Waals surface area (Å²) in [6, 6.07) is 17.7. The fourth-order valence-electron chi connectivity index (χ4n) is 4.76. The van der Waals surface area contributed by atoms with Gasteiger partial charge in [-0.05, 0) is 54.6 Å². The molecule has 0 unspecified atom stereocenters. The first-order chi connectivity index (χ1) is 20.7. The Morgan fingerprint density at radius 1 is 0.767 bits per heavy atom. The van der Waals surface area contributed by atoms with Gasteiger partial charge in [-0.2, -0.15) is 0 Å². The lowest BCUT2D eigenvalue weighted by atomic mass is 10.1. The first-order valence-electron chi connectivity index (χ1n) is 13.6. The van der Waals surface area contributed by atoms with E-state index in [4.69, 9.17) is 23.2 Å². The number of nitrogens with one attached hydrogen (secondary N) is 4. The van der Waals surface area contributed by atoms with Gasteiger partial charge in [0.1, 0.15) is 11.4 Å². The summed E-state index contributed by atoms with van der Waals surface area (Å²) in [4.78, 5) is 43.9. The summed E-state index contributed by atoms with van der Waals surface area (Å²) in [7, 11) is 3.61. The Balaban J connectivity index is 1.23. The SMILES string of the molecule is Cn1ccc(NC(=O)c2cc3ccc(NC(=O)c4cc(NC(=O)c5ccc(N(CCCl)CCCl)cc5)cn4C)cc3[nH]2)c1. The van der Waals surface area contributed by atoms with E-state index < -0.39 is 0 Å². The van der Waals surface area contributed by atoms with E-state index in [9.17, 15) is 14.4 Å². The molecule has 0 aliphatic rings. The molecule has 5 aromatic rings. The molecule has 4 N–H and O–H groups in total. The number of alkyl halides is 2. The van der Waals surface area contributed by atoms with E-state index >= 15 is 0 Å². The molecule has 0 aliphatic carbocycles. The maximum atomic E-state index is 13.1. The van der Waals surface area contributed by atoms with Gasteiger partial charge in [0, 0.05) is 85.4 Å². The number of hydrogen-bond donors (Lipinski definition) is 4. The van der Waals surface area contributed by atoms with E-state index in [1.54, 1.807) is 54.2 Å². The van der Waals surface area contributed by atoms with E-state index in [0.29, 0.717) is 64.4 Å². The summed E-state index contributed by atoms with van der Waals surface area (Å²) < 4.78 is 3.49. The monoisotopic (exact) mass is 619 g/mol. The van der Waals surface area contributed by atoms with Crippen molar-refractivity contribution in [2.75, 3.05) is 45.7 Å². The highest BCUT2D eigenvalue weighted by atomic mass is 35.5. The Kier molecular flexibility index (Phi) is 9.08. The Morgan fingerprint density at radius 2 is 1.47 bits per heavy atom. The number of benzene rings is 2. The number of nitrogens with zero attached hydrogens (tertiary/aromatic N) is 3. The van der Waals surface area contributed by atoms with Gasteiger partial charge in [0.05, 0.1) is 11.4 Å². The Bertz CT molecular complexity index is 1770. The molecule has 5 rings (SSSR count). The fourth-order valence-corrected chi connectivity index (χ4v) is 5.17. The highest BCUT2D eigenvalue weighted by Crippen LogP contribution is 2.23. The number of aryl methyl sites for hydroxylation is 2. The smallest absolute Gasteiger partial charge is 0.272 e. The molecule has 222 valence electrons. The average molecular weight is 621 g/mol. The molecule has 0 saturated heterocycles. The van der Waals surface area contributed by atoms with E-state index in [1.165, 1.54) is 0 Å². The van der Waals surface area contributed by atoms with Crippen LogP contribution in [0.2, 0.25) is 0 Å². The molecule has 0 fully saturated rings. The third kappa shape index (κ3) is 7.04. The second-order valence-corrected chi connectivity index (χ2v) is 10.8. The van der Waals surface area contributed by atoms with Crippen molar-refractivity contribution < 1.29 is 14.4 Å². The minimum Gasteiger partial charge on any atom is -0.369 e. The molecule has 0 aliphatic heterocycles. The first kappa shape index (κ1) is 29.8. The molecule has 3 heterocycles. The lowest BCUT2D eigenvalue weighted by Gasteiger charge is -2.22. The summed E-state index contributed by atoms with van der Waals surface area (Å²) in [5.41, 5.74) is 4.62. The zero-order chi connectivity index (χ0) is 30.5. The Morgan fingerprint density at radius 3 is 2.14 bits per heavy atom. The van der Waals surface area contributed by atoms with E-state index in [-0.39, 0.29) is 17.7 Å². The average Bonchev–Trinajstić information content (AvgIpc) is 3.70. The number of carbonyl (C=O) groups is 3. The number of amides is 3. The fraction of sp³-hybridized carbons (Fsp3) is 0.194. The minimum absolute atomic E-state index is 0.262. The van der Waals surface area contributed by atoms with Crippen LogP contribution in [-0.2, 0) is 14.1 Å². The number of aromatic amines is 1. The van der Waals surface area contributed by atoms with Crippen molar-refractivity contribution in [1.29, 1.82) is 0 Å². The van der Waals surface area contributed by atoms with Gasteiger partial charge in [-0.15, -0.1) is 23.2 Å². The number of rotatable bonds is 11. The molecule has 0 saturated carbocycles. The van der Waals surface area contributed by atoms with E-state index in [2.05, 4.69) is 25.8 Å². The molecule has 12 heteroatoms. The van der Waals surface area contributed by atoms with Crippen molar-refractivity contribution in [1.82, 2.24) is 14.1 Å². The van der Waals surface area contributed by atoms with Crippen LogP contribution in [0.25, 0.3) is 10.9 Å². The number of anilines is 4. The third-order valence-corrected chi connectivity index (χ3v) is 7.25. The predicted octanol–water partition coefficient (Wildman–Crippen LogP) is 5.89. The predicted molar refractivity (Wildman–Crippen MR) is 173 cm³/mol. The number of carbonyl (C=O) groups excluding carboxylic acids is 3. The standard InChI is InChI=1S/C31H31Cl2N7O3/c1-38-12-9-23(18-38)35-30(42)27-15-21-3-6-22(16-26(21)37-27)34-31(43)28-17-24(19-39(28)2)36-29(41)20-4-7-25(8-5-20)40(13-10-32)14-11-33/h3-9,12,15-19,37H,10-11,13-14H2,1-2H3,(H,34,43)(H,35,42)(H,36,41). The molecule has 10 nitrogen and oxygen atoms in total. The van der Waals surface area contributed by atoms with Crippen LogP contribution in [0.5, 0.6) is 0 Å². The van der Waals surface area contributed by atoms with Gasteiger partial charge in [0.25, 0.3) is 17.7 Å². The van der Waals surface area contributed by atoms with Gasteiger partial charge in [0.2, 0.25) is 0 Å². The summed E-state index contributed by atoms with van der Waals surface area (Å²) in [6.45, 7) is 1.31. The molecule has 43 heavy (non-hydrogen) atoms. The van der Waals surface area contributed by atoms with Crippen LogP contribution >= 0.6 is 23.2 Å². The lowest BCUT2D eigenvalue weighted by molar-refractivity contribution is 0.101. The second-order valence-electron chi connectivity index (χ2n) is 10.0. The summed E-state index contributed by atoms with van der Waals surface area (Å²) in [5, 5.41) is 9.43. The molecule has 3 aromatic heterocycles. The number of fused-ring (bicyclic) bond motifs is 1. The quantitative estimate of drug-likeness (QED) is 0.138. The van der Waals surface area contributed by atoms with Crippen molar-refractivity contribution in [3.63, 3.8) is 0 Å². The molecular weight excluding hydrogens is 589 g/mol. The van der Waals surface area contributed by atoms with Gasteiger partial charge < -0.3 is 35.0 Å². The van der Waals surface area contributed by atoms with Crippen molar-refractivity contribution >= 4 is 74.6 Å². The number of halogens is 2. The highest BCUT2D eigenvalue weighted by molar-refractivity contribution is 6.18. The van der Waals surface area contributed by atoms with Crippen LogP contribution in [0.15, 0.2) is 79.3 Å². The van der Waals surface area contributed by atoms with Gasteiger partial charge in [-0.3, -0.25) is 14.4 Å². The zero-order valence-corrected chi connectivity index (χ0v) is 25.2. The topological polar surface area (TPSA) is 116 Å². The maximum Gasteiger partial charge on any atom is 0.272 e. The van der Waals surface area contributed by atoms with E-state index in [0.717, 1.165) is 11.1 Å². The maximum absolute atomic E-state index is 13.1. The van der Waals surface area contributed by atoms with Crippen LogP contribution in [-0.4, -0.2) is 56.7 Å². The summed E-state index contributed by atoms with van der Waals surface area (Å²) >= 11 is 11.8. The molecule has 0 radical (unpaired) electrons. The van der Waals surface area contributed by atoms with Gasteiger partial charge in [-0.1, -0.05) is 6.07 Å². The Labute approximate surface area is 258 Å². The molecule has 3 amide bonds. The third-order valence-electron chi connectivity index (χ3n) is 6.91. The van der Waals surface area contributed by atoms with Gasteiger partial charge in [0.15, 0.2) is 0 Å². The second kappa shape index (κ2) is 13.1. The van der Waals surface area contributed by atoms with Crippen molar-refractivity contribution in [3.05, 3.63) is 96.2 Å². The molecule has 2 aromatic carbocycles. The van der Waals surface area contributed by atoms with Crippen LogP contribution in [0, 0.1) is 0 Å². The first-order valence-corrected chi connectivity index (χ1v) is 14.6. The Hall–Kier alpha value is -4.67. The van der Waals surface area contributed by atoms with Crippen LogP contribution < -0.4 is 20.9 Å². The van der Waals surface area contributed by atoms with Gasteiger partial charge >= 0.3 is 0 Å². The van der Waals surface area contributed by atoms with Crippen molar-refractivity contribution in [3.8, 4) is 0 Å². The van der Waals surface area contributed by atoms with Gasteiger partial charge in [-0.25, -0.2) is 0 Å². The van der Waals surface area contributed by atoms with Crippen molar-refractivity contribution in [2.24, 2.45) is 14.1 Å². The van der Waals surface area contributed by atoms with Crippen LogP contribution in [0.4, 0.5) is 22.7 Å². The lowest BCUT2D eigenvalue weighted by Crippen LogP contribution is -2.27. The largest absolute Gasteiger partial charge is 0.369 e. The molecular formula is C31H31Cl2N7O3. The number of aromatic nitrogens is 3. The van der Waals surface area contributed by atoms with Crippen LogP contribution in [0.3, 0.4) is 0 Å². The normalized spacial score (nSPS) is 11.0. The van der Waals surface area contributed by atoms with E-state index in [1.807, 2.05) is 48.3 Å².